The van der Waals surface area contributed by atoms with Gasteiger partial charge >= 0.3 is 6.36 Å². The van der Waals surface area contributed by atoms with E-state index in [-0.39, 0.29) is 23.5 Å². The normalized spacial score (nSPS) is 11.2. The molecular weight excluding hydrogens is 387 g/mol. The smallest absolute Gasteiger partial charge is 0.406 e. The second-order valence-electron chi connectivity index (χ2n) is 6.23. The molecule has 1 heterocycles. The van der Waals surface area contributed by atoms with Crippen LogP contribution in [-0.2, 0) is 6.54 Å². The monoisotopic (exact) mass is 403 g/mol. The van der Waals surface area contributed by atoms with Crippen molar-refractivity contribution in [2.75, 3.05) is 5.32 Å². The zero-order valence-electron chi connectivity index (χ0n) is 15.2. The molecule has 1 aromatic heterocycles. The van der Waals surface area contributed by atoms with Crippen molar-refractivity contribution < 1.29 is 22.7 Å². The van der Waals surface area contributed by atoms with Gasteiger partial charge in [0, 0.05) is 11.8 Å². The van der Waals surface area contributed by atoms with E-state index in [2.05, 4.69) is 15.2 Å². The Labute approximate surface area is 163 Å². The summed E-state index contributed by atoms with van der Waals surface area (Å²) in [6.07, 6.45) is -4.79. The number of halogens is 3. The van der Waals surface area contributed by atoms with Crippen LogP contribution in [0, 0.1) is 6.92 Å². The van der Waals surface area contributed by atoms with Crippen LogP contribution in [0.4, 0.5) is 18.9 Å². The van der Waals surface area contributed by atoms with E-state index in [0.717, 1.165) is 23.3 Å². The summed E-state index contributed by atoms with van der Waals surface area (Å²) < 4.78 is 41.5. The first-order valence-corrected chi connectivity index (χ1v) is 8.50. The number of ether oxygens (including phenoxy) is 1. The fourth-order valence-electron chi connectivity index (χ4n) is 2.48. The van der Waals surface area contributed by atoms with Crippen LogP contribution >= 0.6 is 0 Å². The standard InChI is InChI=1S/C20H16F3N3O3/c1-13-2-4-14(5-3-13)12-26-18(27)11-10-17(25-26)19(28)24-15-6-8-16(9-7-15)29-20(21,22)23/h2-11H,12H2,1H3,(H,24,28). The van der Waals surface area contributed by atoms with Crippen molar-refractivity contribution in [1.82, 2.24) is 9.78 Å². The minimum absolute atomic E-state index is 0.00710. The van der Waals surface area contributed by atoms with Crippen LogP contribution in [-0.4, -0.2) is 22.1 Å². The average Bonchev–Trinajstić information content (AvgIpc) is 2.65. The number of carbonyl (C=O) groups is 1. The number of benzene rings is 2. The minimum atomic E-state index is -4.79. The maximum atomic E-state index is 12.4. The van der Waals surface area contributed by atoms with E-state index in [0.29, 0.717) is 0 Å². The molecule has 3 aromatic rings. The Hall–Kier alpha value is -3.62. The highest BCUT2D eigenvalue weighted by Gasteiger charge is 2.30. The molecule has 0 aliphatic carbocycles. The molecule has 1 amide bonds. The van der Waals surface area contributed by atoms with Gasteiger partial charge in [-0.05, 0) is 42.8 Å². The summed E-state index contributed by atoms with van der Waals surface area (Å²) in [7, 11) is 0. The van der Waals surface area contributed by atoms with Crippen molar-refractivity contribution in [2.24, 2.45) is 0 Å². The number of nitrogens with zero attached hydrogens (tertiary/aromatic N) is 2. The minimum Gasteiger partial charge on any atom is -0.406 e. The van der Waals surface area contributed by atoms with Gasteiger partial charge in [-0.3, -0.25) is 9.59 Å². The quantitative estimate of drug-likeness (QED) is 0.704. The third-order valence-electron chi connectivity index (χ3n) is 3.90. The molecule has 0 aliphatic rings. The summed E-state index contributed by atoms with van der Waals surface area (Å²) in [6.45, 7) is 2.14. The van der Waals surface area contributed by atoms with Gasteiger partial charge in [-0.2, -0.15) is 5.10 Å². The third-order valence-corrected chi connectivity index (χ3v) is 3.90. The molecule has 6 nitrogen and oxygen atoms in total. The summed E-state index contributed by atoms with van der Waals surface area (Å²) in [4.78, 5) is 24.4. The summed E-state index contributed by atoms with van der Waals surface area (Å²) in [6, 6.07) is 14.7. The number of aromatic nitrogens is 2. The number of hydrogen-bond acceptors (Lipinski definition) is 4. The van der Waals surface area contributed by atoms with Crippen molar-refractivity contribution in [3.8, 4) is 5.75 Å². The van der Waals surface area contributed by atoms with Gasteiger partial charge in [0.2, 0.25) is 0 Å². The van der Waals surface area contributed by atoms with Crippen LogP contribution < -0.4 is 15.6 Å². The Kier molecular flexibility index (Phi) is 5.67. The van der Waals surface area contributed by atoms with E-state index in [9.17, 15) is 22.8 Å². The largest absolute Gasteiger partial charge is 0.573 e. The number of amides is 1. The molecule has 9 heteroatoms. The molecular formula is C20H16F3N3O3. The van der Waals surface area contributed by atoms with Gasteiger partial charge in [-0.15, -0.1) is 13.2 Å². The molecule has 0 bridgehead atoms. The van der Waals surface area contributed by atoms with Crippen LogP contribution in [0.3, 0.4) is 0 Å². The first kappa shape index (κ1) is 20.1. The molecule has 29 heavy (non-hydrogen) atoms. The first-order chi connectivity index (χ1) is 13.7. The van der Waals surface area contributed by atoms with Gasteiger partial charge in [0.15, 0.2) is 0 Å². The lowest BCUT2D eigenvalue weighted by atomic mass is 10.1. The van der Waals surface area contributed by atoms with Gasteiger partial charge in [0.05, 0.1) is 6.54 Å². The Morgan fingerprint density at radius 3 is 2.31 bits per heavy atom. The lowest BCUT2D eigenvalue weighted by Gasteiger charge is -2.10. The van der Waals surface area contributed by atoms with Crippen molar-refractivity contribution in [3.05, 3.63) is 87.8 Å². The van der Waals surface area contributed by atoms with Crippen LogP contribution in [0.25, 0.3) is 0 Å². The van der Waals surface area contributed by atoms with Crippen LogP contribution in [0.1, 0.15) is 21.6 Å². The highest BCUT2D eigenvalue weighted by atomic mass is 19.4. The highest BCUT2D eigenvalue weighted by Crippen LogP contribution is 2.24. The molecule has 0 unspecified atom stereocenters. The second-order valence-corrected chi connectivity index (χ2v) is 6.23. The van der Waals surface area contributed by atoms with Crippen LogP contribution in [0.5, 0.6) is 5.75 Å². The van der Waals surface area contributed by atoms with E-state index in [1.165, 1.54) is 28.9 Å². The predicted molar refractivity (Wildman–Crippen MR) is 99.9 cm³/mol. The molecule has 150 valence electrons. The third kappa shape index (κ3) is 5.68. The lowest BCUT2D eigenvalue weighted by molar-refractivity contribution is -0.274. The van der Waals surface area contributed by atoms with Gasteiger partial charge < -0.3 is 10.1 Å². The van der Waals surface area contributed by atoms with Crippen molar-refractivity contribution >= 4 is 11.6 Å². The molecule has 0 fully saturated rings. The van der Waals surface area contributed by atoms with Crippen LogP contribution in [0.15, 0.2) is 65.5 Å². The van der Waals surface area contributed by atoms with E-state index in [1.807, 2.05) is 31.2 Å². The topological polar surface area (TPSA) is 73.2 Å². The lowest BCUT2D eigenvalue weighted by Crippen LogP contribution is -2.26. The van der Waals surface area contributed by atoms with E-state index in [1.54, 1.807) is 0 Å². The van der Waals surface area contributed by atoms with Gasteiger partial charge in [0.25, 0.3) is 11.5 Å². The molecule has 0 saturated heterocycles. The van der Waals surface area contributed by atoms with E-state index in [4.69, 9.17) is 0 Å². The molecule has 0 aliphatic heterocycles. The zero-order chi connectivity index (χ0) is 21.0. The predicted octanol–water partition coefficient (Wildman–Crippen LogP) is 3.75. The summed E-state index contributed by atoms with van der Waals surface area (Å²) >= 11 is 0. The van der Waals surface area contributed by atoms with Gasteiger partial charge in [-0.25, -0.2) is 4.68 Å². The van der Waals surface area contributed by atoms with Crippen molar-refractivity contribution in [3.63, 3.8) is 0 Å². The van der Waals surface area contributed by atoms with Gasteiger partial charge in [0.1, 0.15) is 11.4 Å². The Balaban J connectivity index is 1.72. The maximum absolute atomic E-state index is 12.4. The number of carbonyl (C=O) groups excluding carboxylic acids is 1. The van der Waals surface area contributed by atoms with E-state index >= 15 is 0 Å². The van der Waals surface area contributed by atoms with Gasteiger partial charge in [-0.1, -0.05) is 29.8 Å². The van der Waals surface area contributed by atoms with Crippen LogP contribution in [0.2, 0.25) is 0 Å². The molecule has 2 aromatic carbocycles. The number of rotatable bonds is 5. The molecule has 0 spiro atoms. The highest BCUT2D eigenvalue weighted by molar-refractivity contribution is 6.02. The second kappa shape index (κ2) is 8.17. The van der Waals surface area contributed by atoms with Crippen molar-refractivity contribution in [1.29, 1.82) is 0 Å². The Morgan fingerprint density at radius 1 is 1.03 bits per heavy atom. The molecule has 0 radical (unpaired) electrons. The first-order valence-electron chi connectivity index (χ1n) is 8.50. The number of aryl methyl sites for hydroxylation is 1. The molecule has 0 atom stereocenters. The molecule has 1 N–H and O–H groups in total. The summed E-state index contributed by atoms with van der Waals surface area (Å²) in [5.74, 6) is -1.01. The molecule has 0 saturated carbocycles. The van der Waals surface area contributed by atoms with E-state index < -0.39 is 18.0 Å². The summed E-state index contributed by atoms with van der Waals surface area (Å²) in [5.41, 5.74) is 1.81. The SMILES string of the molecule is Cc1ccc(Cn2nc(C(=O)Nc3ccc(OC(F)(F)F)cc3)ccc2=O)cc1. The molecule has 3 rings (SSSR count). The average molecular weight is 403 g/mol. The summed E-state index contributed by atoms with van der Waals surface area (Å²) in [5, 5.41) is 6.58. The fourth-order valence-corrected chi connectivity index (χ4v) is 2.48. The Morgan fingerprint density at radius 2 is 1.69 bits per heavy atom. The van der Waals surface area contributed by atoms with Crippen molar-refractivity contribution in [2.45, 2.75) is 19.8 Å². The number of nitrogens with one attached hydrogen (secondary N) is 1. The fraction of sp³-hybridized carbons (Fsp3) is 0.150. The zero-order valence-corrected chi connectivity index (χ0v) is 15.2. The number of alkyl halides is 3. The number of hydrogen-bond donors (Lipinski definition) is 1. The number of anilines is 1. The maximum Gasteiger partial charge on any atom is 0.573 e. The Bertz CT molecular complexity index is 1060.